The smallest absolute Gasteiger partial charge is 0.213 e. The maximum Gasteiger partial charge on any atom is 0.213 e. The van der Waals surface area contributed by atoms with Crippen LogP contribution in [0.15, 0.2) is 24.5 Å². The van der Waals surface area contributed by atoms with Gasteiger partial charge in [0, 0.05) is 24.1 Å². The highest BCUT2D eigenvalue weighted by molar-refractivity contribution is 5.89. The molecular weight excluding hydrogens is 252 g/mol. The molecule has 0 spiro atoms. The first-order valence-corrected chi connectivity index (χ1v) is 6.40. The summed E-state index contributed by atoms with van der Waals surface area (Å²) in [5.41, 5.74) is 4.25. The first-order chi connectivity index (χ1) is 9.60. The number of methoxy groups -OCH3 is 1. The van der Waals surface area contributed by atoms with Crippen LogP contribution < -0.4 is 4.74 Å². The van der Waals surface area contributed by atoms with Crippen molar-refractivity contribution < 1.29 is 4.74 Å². The largest absolute Gasteiger partial charge is 0.481 e. The first-order valence-electron chi connectivity index (χ1n) is 6.40. The van der Waals surface area contributed by atoms with Crippen molar-refractivity contribution in [2.45, 2.75) is 13.8 Å². The number of aromatic nitrogens is 4. The topological polar surface area (TPSA) is 52.8 Å². The molecule has 0 saturated carbocycles. The van der Waals surface area contributed by atoms with Crippen LogP contribution in [0.5, 0.6) is 5.88 Å². The molecule has 0 aliphatic rings. The number of benzene rings is 1. The van der Waals surface area contributed by atoms with Crippen molar-refractivity contribution >= 4 is 10.9 Å². The van der Waals surface area contributed by atoms with Crippen LogP contribution in [0.3, 0.4) is 0 Å². The Balaban J connectivity index is 2.30. The van der Waals surface area contributed by atoms with E-state index in [0.29, 0.717) is 5.88 Å². The van der Waals surface area contributed by atoms with Crippen LogP contribution >= 0.6 is 0 Å². The lowest BCUT2D eigenvalue weighted by Crippen LogP contribution is -1.97. The van der Waals surface area contributed by atoms with Crippen molar-refractivity contribution in [1.82, 2.24) is 19.7 Å². The molecule has 0 bridgehead atoms. The molecule has 3 aromatic rings. The number of nitrogens with zero attached hydrogens (tertiary/aromatic N) is 4. The summed E-state index contributed by atoms with van der Waals surface area (Å²) in [6, 6.07) is 6.13. The normalized spacial score (nSPS) is 11.0. The fourth-order valence-electron chi connectivity index (χ4n) is 2.43. The number of fused-ring (bicyclic) bond motifs is 1. The molecule has 1 aromatic carbocycles. The van der Waals surface area contributed by atoms with E-state index < -0.39 is 0 Å². The molecule has 0 aliphatic carbocycles. The molecule has 5 heteroatoms. The van der Waals surface area contributed by atoms with Crippen molar-refractivity contribution in [3.8, 4) is 17.3 Å². The van der Waals surface area contributed by atoms with Gasteiger partial charge in [0.1, 0.15) is 6.33 Å². The maximum atomic E-state index is 5.24. The van der Waals surface area contributed by atoms with E-state index in [1.165, 1.54) is 0 Å². The minimum absolute atomic E-state index is 0.643. The van der Waals surface area contributed by atoms with E-state index in [0.717, 1.165) is 33.4 Å². The maximum absolute atomic E-state index is 5.24. The van der Waals surface area contributed by atoms with Crippen molar-refractivity contribution in [1.29, 1.82) is 0 Å². The molecular formula is C15H16N4O. The van der Waals surface area contributed by atoms with Crippen LogP contribution in [0, 0.1) is 13.8 Å². The number of rotatable bonds is 2. The molecule has 20 heavy (non-hydrogen) atoms. The third kappa shape index (κ3) is 1.91. The van der Waals surface area contributed by atoms with Gasteiger partial charge in [0.2, 0.25) is 5.88 Å². The van der Waals surface area contributed by atoms with Gasteiger partial charge in [0.05, 0.1) is 12.6 Å². The van der Waals surface area contributed by atoms with Gasteiger partial charge in [-0.1, -0.05) is 0 Å². The van der Waals surface area contributed by atoms with E-state index in [2.05, 4.69) is 34.1 Å². The highest BCUT2D eigenvalue weighted by atomic mass is 16.5. The molecule has 5 nitrogen and oxygen atoms in total. The summed E-state index contributed by atoms with van der Waals surface area (Å²) in [7, 11) is 3.53. The summed E-state index contributed by atoms with van der Waals surface area (Å²) >= 11 is 0. The van der Waals surface area contributed by atoms with E-state index in [1.807, 2.05) is 20.0 Å². The second-order valence-electron chi connectivity index (χ2n) is 4.88. The van der Waals surface area contributed by atoms with Crippen molar-refractivity contribution in [2.75, 3.05) is 7.11 Å². The Hall–Kier alpha value is -2.43. The summed E-state index contributed by atoms with van der Waals surface area (Å²) in [5, 5.41) is 5.24. The van der Waals surface area contributed by atoms with Gasteiger partial charge in [-0.3, -0.25) is 0 Å². The minimum atomic E-state index is 0.643. The van der Waals surface area contributed by atoms with Gasteiger partial charge in [0.25, 0.3) is 0 Å². The average molecular weight is 268 g/mol. The summed E-state index contributed by atoms with van der Waals surface area (Å²) < 4.78 is 7.01. The Labute approximate surface area is 117 Å². The highest BCUT2D eigenvalue weighted by Crippen LogP contribution is 2.29. The van der Waals surface area contributed by atoms with E-state index in [1.54, 1.807) is 18.1 Å². The van der Waals surface area contributed by atoms with Gasteiger partial charge in [0.15, 0.2) is 5.82 Å². The number of ether oxygens (including phenoxy) is 1. The zero-order valence-electron chi connectivity index (χ0n) is 12.0. The zero-order chi connectivity index (χ0) is 14.3. The van der Waals surface area contributed by atoms with Gasteiger partial charge >= 0.3 is 0 Å². The van der Waals surface area contributed by atoms with E-state index >= 15 is 0 Å². The lowest BCUT2D eigenvalue weighted by atomic mass is 10.0. The van der Waals surface area contributed by atoms with E-state index in [9.17, 15) is 0 Å². The first kappa shape index (κ1) is 12.6. The average Bonchev–Trinajstić information content (AvgIpc) is 2.85. The van der Waals surface area contributed by atoms with Crippen LogP contribution in [0.2, 0.25) is 0 Å². The predicted octanol–water partition coefficient (Wildman–Crippen LogP) is 2.66. The fourth-order valence-corrected chi connectivity index (χ4v) is 2.43. The lowest BCUT2D eigenvalue weighted by Gasteiger charge is -2.10. The summed E-state index contributed by atoms with van der Waals surface area (Å²) in [5.74, 6) is 1.50. The number of hydrogen-bond donors (Lipinski definition) is 0. The van der Waals surface area contributed by atoms with Gasteiger partial charge in [-0.25, -0.2) is 14.6 Å². The summed E-state index contributed by atoms with van der Waals surface area (Å²) in [4.78, 5) is 8.84. The molecule has 0 atom stereocenters. The predicted molar refractivity (Wildman–Crippen MR) is 77.8 cm³/mol. The second kappa shape index (κ2) is 4.59. The minimum Gasteiger partial charge on any atom is -0.481 e. The van der Waals surface area contributed by atoms with Crippen LogP contribution in [0.25, 0.3) is 22.3 Å². The molecule has 2 aromatic heterocycles. The lowest BCUT2D eigenvalue weighted by molar-refractivity contribution is 0.399. The number of aryl methyl sites for hydroxylation is 3. The quantitative estimate of drug-likeness (QED) is 0.717. The van der Waals surface area contributed by atoms with Crippen LogP contribution in [-0.4, -0.2) is 26.9 Å². The molecule has 0 N–H and O–H groups in total. The standard InChI is InChI=1S/C15H16N4O/c1-9-6-13(20-4)18-14-10(2)5-11(7-12(9)14)15-16-8-17-19(15)3/h5-8H,1-4H3. The molecule has 2 heterocycles. The monoisotopic (exact) mass is 268 g/mol. The van der Waals surface area contributed by atoms with Gasteiger partial charge in [-0.05, 0) is 37.1 Å². The van der Waals surface area contributed by atoms with Crippen LogP contribution in [0.1, 0.15) is 11.1 Å². The molecule has 3 rings (SSSR count). The van der Waals surface area contributed by atoms with Crippen molar-refractivity contribution in [2.24, 2.45) is 7.05 Å². The Morgan fingerprint density at radius 1 is 1.10 bits per heavy atom. The highest BCUT2D eigenvalue weighted by Gasteiger charge is 2.11. The van der Waals surface area contributed by atoms with E-state index in [-0.39, 0.29) is 0 Å². The molecule has 0 aliphatic heterocycles. The molecule has 102 valence electrons. The Bertz CT molecular complexity index is 792. The van der Waals surface area contributed by atoms with Crippen LogP contribution in [-0.2, 0) is 7.05 Å². The van der Waals surface area contributed by atoms with E-state index in [4.69, 9.17) is 4.74 Å². The summed E-state index contributed by atoms with van der Waals surface area (Å²) in [6.45, 7) is 4.11. The van der Waals surface area contributed by atoms with Crippen molar-refractivity contribution in [3.63, 3.8) is 0 Å². The van der Waals surface area contributed by atoms with Gasteiger partial charge in [-0.2, -0.15) is 5.10 Å². The third-order valence-corrected chi connectivity index (χ3v) is 3.47. The van der Waals surface area contributed by atoms with Crippen LogP contribution in [0.4, 0.5) is 0 Å². The Morgan fingerprint density at radius 2 is 1.90 bits per heavy atom. The number of pyridine rings is 1. The fraction of sp³-hybridized carbons (Fsp3) is 0.267. The second-order valence-corrected chi connectivity index (χ2v) is 4.88. The van der Waals surface area contributed by atoms with Gasteiger partial charge in [-0.15, -0.1) is 0 Å². The third-order valence-electron chi connectivity index (χ3n) is 3.47. The van der Waals surface area contributed by atoms with Crippen molar-refractivity contribution in [3.05, 3.63) is 35.7 Å². The van der Waals surface area contributed by atoms with Gasteiger partial charge < -0.3 is 4.74 Å². The Morgan fingerprint density at radius 3 is 2.55 bits per heavy atom. The molecule has 0 amide bonds. The molecule has 0 unspecified atom stereocenters. The Kier molecular flexibility index (Phi) is 2.89. The SMILES string of the molecule is COc1cc(C)c2cc(-c3ncnn3C)cc(C)c2n1. The molecule has 0 radical (unpaired) electrons. The zero-order valence-corrected chi connectivity index (χ0v) is 12.0. The number of hydrogen-bond acceptors (Lipinski definition) is 4. The molecule has 0 fully saturated rings. The summed E-state index contributed by atoms with van der Waals surface area (Å²) in [6.07, 6.45) is 1.56. The molecule has 0 saturated heterocycles.